The van der Waals surface area contributed by atoms with Crippen molar-refractivity contribution in [2.24, 2.45) is 0 Å². The van der Waals surface area contributed by atoms with Gasteiger partial charge in [-0.05, 0) is 51.1 Å². The first kappa shape index (κ1) is 27.8. The molecule has 0 bridgehead atoms. The van der Waals surface area contributed by atoms with Gasteiger partial charge in [0.15, 0.2) is 16.6 Å². The maximum atomic E-state index is 9.05. The van der Waals surface area contributed by atoms with Crippen LogP contribution in [0.1, 0.15) is 62.8 Å². The summed E-state index contributed by atoms with van der Waals surface area (Å²) in [6.45, 7) is 11.2. The van der Waals surface area contributed by atoms with Crippen molar-refractivity contribution >= 4 is 16.6 Å². The standard InChI is InChI=1S/C22H44N6O3Si2/c1-32(2,15-11-7-5-9-13-27-17-21(19-29)23-25-27)31-33(3,4)16-12-8-6-10-14-28-18-22(20-30)24-26-28/h17-18,29-30H,5-16,19-20H2,1-4H3. The average molecular weight is 497 g/mol. The largest absolute Gasteiger partial charge is 0.455 e. The van der Waals surface area contributed by atoms with Gasteiger partial charge in [0.2, 0.25) is 0 Å². The second-order valence-electron chi connectivity index (χ2n) is 10.2. The Balaban J connectivity index is 1.52. The molecule has 0 saturated carbocycles. The maximum absolute atomic E-state index is 9.05. The van der Waals surface area contributed by atoms with Crippen LogP contribution in [0.2, 0.25) is 38.3 Å². The Bertz CT molecular complexity index is 732. The highest BCUT2D eigenvalue weighted by molar-refractivity contribution is 6.84. The molecule has 2 aromatic rings. The average Bonchev–Trinajstić information content (AvgIpc) is 3.41. The van der Waals surface area contributed by atoms with Crippen LogP contribution < -0.4 is 0 Å². The summed E-state index contributed by atoms with van der Waals surface area (Å²) in [6.07, 6.45) is 13.2. The Morgan fingerprint density at radius 3 is 1.42 bits per heavy atom. The molecule has 2 rings (SSSR count). The number of unbranched alkanes of at least 4 members (excludes halogenated alkanes) is 6. The van der Waals surface area contributed by atoms with Crippen LogP contribution in [-0.2, 0) is 30.4 Å². The van der Waals surface area contributed by atoms with Crippen molar-refractivity contribution < 1.29 is 14.3 Å². The molecule has 188 valence electrons. The van der Waals surface area contributed by atoms with Crippen LogP contribution in [0.5, 0.6) is 0 Å². The van der Waals surface area contributed by atoms with Crippen LogP contribution in [0.25, 0.3) is 0 Å². The molecule has 2 aromatic heterocycles. The highest BCUT2D eigenvalue weighted by atomic mass is 28.4. The van der Waals surface area contributed by atoms with Gasteiger partial charge in [-0.1, -0.05) is 49.0 Å². The molecule has 0 spiro atoms. The minimum atomic E-state index is -1.62. The van der Waals surface area contributed by atoms with Gasteiger partial charge in [0.05, 0.1) is 25.6 Å². The number of aromatic nitrogens is 6. The number of hydrogen-bond acceptors (Lipinski definition) is 7. The third kappa shape index (κ3) is 11.5. The van der Waals surface area contributed by atoms with Gasteiger partial charge in [-0.25, -0.2) is 0 Å². The van der Waals surface area contributed by atoms with Crippen LogP contribution in [0, 0.1) is 0 Å². The van der Waals surface area contributed by atoms with E-state index in [2.05, 4.69) is 46.8 Å². The first-order chi connectivity index (χ1) is 15.7. The zero-order valence-corrected chi connectivity index (χ0v) is 23.0. The highest BCUT2D eigenvalue weighted by Gasteiger charge is 2.32. The zero-order chi connectivity index (χ0) is 24.2. The van der Waals surface area contributed by atoms with Crippen LogP contribution in [0.3, 0.4) is 0 Å². The van der Waals surface area contributed by atoms with Crippen LogP contribution in [0.15, 0.2) is 12.4 Å². The predicted octanol–water partition coefficient (Wildman–Crippen LogP) is 4.10. The van der Waals surface area contributed by atoms with E-state index < -0.39 is 16.6 Å². The second kappa shape index (κ2) is 14.1. The number of rotatable bonds is 18. The minimum absolute atomic E-state index is 0.0454. The fourth-order valence-electron chi connectivity index (χ4n) is 4.25. The number of aliphatic hydroxyl groups is 2. The molecule has 9 nitrogen and oxygen atoms in total. The van der Waals surface area contributed by atoms with Crippen LogP contribution in [0.4, 0.5) is 0 Å². The van der Waals surface area contributed by atoms with Crippen molar-refractivity contribution in [1.82, 2.24) is 30.0 Å². The summed E-state index contributed by atoms with van der Waals surface area (Å²) < 4.78 is 10.4. The molecule has 0 aliphatic carbocycles. The summed E-state index contributed by atoms with van der Waals surface area (Å²) >= 11 is 0. The highest BCUT2D eigenvalue weighted by Crippen LogP contribution is 2.25. The van der Waals surface area contributed by atoms with E-state index in [9.17, 15) is 0 Å². The van der Waals surface area contributed by atoms with Gasteiger partial charge in [-0.15, -0.1) is 10.2 Å². The predicted molar refractivity (Wildman–Crippen MR) is 134 cm³/mol. The Labute approximate surface area is 200 Å². The number of aliphatic hydroxyl groups excluding tert-OH is 2. The number of nitrogens with zero attached hydrogens (tertiary/aromatic N) is 6. The lowest BCUT2D eigenvalue weighted by atomic mass is 10.2. The van der Waals surface area contributed by atoms with Gasteiger partial charge in [-0.3, -0.25) is 9.36 Å². The van der Waals surface area contributed by atoms with Gasteiger partial charge in [0.1, 0.15) is 11.4 Å². The van der Waals surface area contributed by atoms with E-state index in [-0.39, 0.29) is 13.2 Å². The molecule has 2 N–H and O–H groups in total. The van der Waals surface area contributed by atoms with Crippen molar-refractivity contribution in [1.29, 1.82) is 0 Å². The summed E-state index contributed by atoms with van der Waals surface area (Å²) in [5.41, 5.74) is 1.27. The van der Waals surface area contributed by atoms with Crippen molar-refractivity contribution in [2.45, 2.75) is 116 Å². The molecule has 0 unspecified atom stereocenters. The quantitative estimate of drug-likeness (QED) is 0.236. The molecule has 0 aliphatic heterocycles. The van der Waals surface area contributed by atoms with E-state index in [0.29, 0.717) is 11.4 Å². The first-order valence-corrected chi connectivity index (χ1v) is 18.7. The third-order valence-electron chi connectivity index (χ3n) is 5.88. The fourth-order valence-corrected chi connectivity index (χ4v) is 13.2. The molecule has 0 saturated heterocycles. The lowest BCUT2D eigenvalue weighted by molar-refractivity contribution is 0.276. The van der Waals surface area contributed by atoms with Gasteiger partial charge >= 0.3 is 0 Å². The molecule has 11 heteroatoms. The fraction of sp³-hybridized carbons (Fsp3) is 0.818. The summed E-state index contributed by atoms with van der Waals surface area (Å²) in [5.74, 6) is 0. The first-order valence-electron chi connectivity index (χ1n) is 12.4. The molecular formula is C22H44N6O3Si2. The third-order valence-corrected chi connectivity index (χ3v) is 13.4. The molecular weight excluding hydrogens is 452 g/mol. The number of hydrogen-bond donors (Lipinski definition) is 2. The van der Waals surface area contributed by atoms with E-state index in [4.69, 9.17) is 14.3 Å². The zero-order valence-electron chi connectivity index (χ0n) is 21.0. The van der Waals surface area contributed by atoms with Gasteiger partial charge < -0.3 is 14.3 Å². The summed E-state index contributed by atoms with van der Waals surface area (Å²) in [5, 5.41) is 34.0. The molecule has 0 atom stereocenters. The van der Waals surface area contributed by atoms with Crippen molar-refractivity contribution in [3.63, 3.8) is 0 Å². The van der Waals surface area contributed by atoms with E-state index in [0.717, 1.165) is 25.9 Å². The smallest absolute Gasteiger partial charge is 0.173 e. The Morgan fingerprint density at radius 1 is 0.667 bits per heavy atom. The monoisotopic (exact) mass is 496 g/mol. The molecule has 0 radical (unpaired) electrons. The topological polar surface area (TPSA) is 111 Å². The normalized spacial score (nSPS) is 12.5. The number of aryl methyl sites for hydroxylation is 2. The van der Waals surface area contributed by atoms with Gasteiger partial charge in [0.25, 0.3) is 0 Å². The van der Waals surface area contributed by atoms with E-state index in [1.54, 1.807) is 0 Å². The molecule has 33 heavy (non-hydrogen) atoms. The SMILES string of the molecule is C[Si](C)(CCCCCCn1cc(CO)nn1)O[Si](C)(C)CCCCCCn1cc(CO)nn1. The van der Waals surface area contributed by atoms with Crippen molar-refractivity contribution in [3.05, 3.63) is 23.8 Å². The summed E-state index contributed by atoms with van der Waals surface area (Å²) in [4.78, 5) is 0. The summed E-state index contributed by atoms with van der Waals surface area (Å²) in [7, 11) is -3.24. The molecule has 0 amide bonds. The van der Waals surface area contributed by atoms with E-state index >= 15 is 0 Å². The molecule has 0 aromatic carbocycles. The Morgan fingerprint density at radius 2 is 1.06 bits per heavy atom. The van der Waals surface area contributed by atoms with E-state index in [1.807, 2.05) is 21.8 Å². The maximum Gasteiger partial charge on any atom is 0.173 e. The Kier molecular flexibility index (Phi) is 11.9. The minimum Gasteiger partial charge on any atom is -0.455 e. The lowest BCUT2D eigenvalue weighted by Crippen LogP contribution is -2.44. The van der Waals surface area contributed by atoms with Crippen molar-refractivity contribution in [3.8, 4) is 0 Å². The van der Waals surface area contributed by atoms with Gasteiger partial charge in [0, 0.05) is 13.1 Å². The second-order valence-corrected chi connectivity index (χ2v) is 19.1. The van der Waals surface area contributed by atoms with Gasteiger partial charge in [-0.2, -0.15) is 0 Å². The van der Waals surface area contributed by atoms with E-state index in [1.165, 1.54) is 50.6 Å². The molecule has 2 heterocycles. The molecule has 0 fully saturated rings. The molecule has 0 aliphatic rings. The Hall–Kier alpha value is -1.41. The van der Waals surface area contributed by atoms with Crippen LogP contribution in [-0.4, -0.2) is 56.8 Å². The summed E-state index contributed by atoms with van der Waals surface area (Å²) in [6, 6.07) is 2.46. The van der Waals surface area contributed by atoms with Crippen LogP contribution >= 0.6 is 0 Å². The van der Waals surface area contributed by atoms with Crippen molar-refractivity contribution in [2.75, 3.05) is 0 Å². The lowest BCUT2D eigenvalue weighted by Gasteiger charge is -2.34.